The maximum atomic E-state index is 5.85. The fourth-order valence-electron chi connectivity index (χ4n) is 1.51. The molecule has 1 rings (SSSR count). The Morgan fingerprint density at radius 1 is 1.20 bits per heavy atom. The van der Waals surface area contributed by atoms with Crippen LogP contribution in [0.25, 0.3) is 0 Å². The molecule has 1 aromatic carbocycles. The average Bonchev–Trinajstić information content (AvgIpc) is 2.15. The quantitative estimate of drug-likeness (QED) is 0.629. The highest BCUT2D eigenvalue weighted by Crippen LogP contribution is 2.18. The molecule has 0 aliphatic rings. The predicted molar refractivity (Wildman–Crippen MR) is 69.9 cm³/mol. The van der Waals surface area contributed by atoms with Gasteiger partial charge in [0.05, 0.1) is 5.50 Å². The van der Waals surface area contributed by atoms with E-state index in [1.54, 1.807) is 0 Å². The van der Waals surface area contributed by atoms with E-state index in [-0.39, 0.29) is 17.9 Å². The van der Waals surface area contributed by atoms with Crippen LogP contribution in [0.4, 0.5) is 0 Å². The maximum absolute atomic E-state index is 5.85. The van der Waals surface area contributed by atoms with E-state index in [1.165, 1.54) is 11.1 Å². The van der Waals surface area contributed by atoms with Crippen molar-refractivity contribution in [2.45, 2.75) is 38.7 Å². The van der Waals surface area contributed by atoms with Crippen LogP contribution >= 0.6 is 24.0 Å². The number of hydrogen-bond donors (Lipinski definition) is 1. The molecule has 1 aromatic rings. The first-order valence-electron chi connectivity index (χ1n) is 5.06. The van der Waals surface area contributed by atoms with E-state index in [4.69, 9.17) is 11.6 Å². The van der Waals surface area contributed by atoms with Crippen LogP contribution in [-0.4, -0.2) is 5.50 Å². The largest absolute Gasteiger partial charge is 0.297 e. The third-order valence-electron chi connectivity index (χ3n) is 2.25. The summed E-state index contributed by atoms with van der Waals surface area (Å²) in [6, 6.07) is 8.49. The first kappa shape index (κ1) is 14.8. The van der Waals surface area contributed by atoms with Crippen molar-refractivity contribution < 1.29 is 0 Å². The van der Waals surface area contributed by atoms with Gasteiger partial charge in [0.25, 0.3) is 0 Å². The average molecular weight is 248 g/mol. The Balaban J connectivity index is 0.00000196. The number of benzene rings is 1. The molecule has 1 nitrogen and oxygen atoms in total. The van der Waals surface area contributed by atoms with Gasteiger partial charge in [-0.25, -0.2) is 0 Å². The summed E-state index contributed by atoms with van der Waals surface area (Å²) in [6.45, 7) is 7.21. The highest BCUT2D eigenvalue weighted by atomic mass is 35.5. The monoisotopic (exact) mass is 247 g/mol. The van der Waals surface area contributed by atoms with Gasteiger partial charge in [-0.15, -0.1) is 24.0 Å². The van der Waals surface area contributed by atoms with Crippen molar-refractivity contribution in [3.8, 4) is 0 Å². The Morgan fingerprint density at radius 2 is 1.80 bits per heavy atom. The van der Waals surface area contributed by atoms with Gasteiger partial charge in [0.15, 0.2) is 0 Å². The summed E-state index contributed by atoms with van der Waals surface area (Å²) in [5, 5.41) is 3.22. The molecule has 0 radical (unpaired) electrons. The van der Waals surface area contributed by atoms with E-state index in [0.717, 1.165) is 6.54 Å². The highest BCUT2D eigenvalue weighted by Gasteiger charge is 2.05. The smallest absolute Gasteiger partial charge is 0.0799 e. The van der Waals surface area contributed by atoms with Gasteiger partial charge in [-0.05, 0) is 24.0 Å². The van der Waals surface area contributed by atoms with Crippen molar-refractivity contribution in [2.24, 2.45) is 0 Å². The zero-order valence-corrected chi connectivity index (χ0v) is 11.0. The van der Waals surface area contributed by atoms with E-state index < -0.39 is 0 Å². The van der Waals surface area contributed by atoms with Crippen molar-refractivity contribution in [2.75, 3.05) is 0 Å². The van der Waals surface area contributed by atoms with Gasteiger partial charge in [-0.3, -0.25) is 5.32 Å². The van der Waals surface area contributed by atoms with Crippen molar-refractivity contribution in [1.82, 2.24) is 5.32 Å². The van der Waals surface area contributed by atoms with E-state index >= 15 is 0 Å². The Bertz CT molecular complexity index is 285. The summed E-state index contributed by atoms with van der Waals surface area (Å²) in [5.74, 6) is 0.568. The highest BCUT2D eigenvalue weighted by molar-refractivity contribution is 6.20. The number of halogens is 2. The van der Waals surface area contributed by atoms with Crippen LogP contribution in [0.5, 0.6) is 0 Å². The van der Waals surface area contributed by atoms with E-state index in [2.05, 4.69) is 43.4 Å². The molecule has 15 heavy (non-hydrogen) atoms. The fraction of sp³-hybridized carbons (Fsp3) is 0.500. The van der Waals surface area contributed by atoms with Gasteiger partial charge in [0, 0.05) is 6.54 Å². The standard InChI is InChI=1S/C12H18ClN.ClH/c1-9(2)12-7-5-4-6-11(12)8-14-10(3)13;/h4-7,9-10,14H,8H2,1-3H3;1H. The second-order valence-electron chi connectivity index (χ2n) is 3.85. The first-order chi connectivity index (χ1) is 6.61. The van der Waals surface area contributed by atoms with E-state index in [1.807, 2.05) is 6.92 Å². The minimum Gasteiger partial charge on any atom is -0.297 e. The van der Waals surface area contributed by atoms with Crippen LogP contribution in [-0.2, 0) is 6.54 Å². The molecule has 0 amide bonds. The van der Waals surface area contributed by atoms with Gasteiger partial charge in [-0.2, -0.15) is 0 Å². The zero-order valence-electron chi connectivity index (χ0n) is 9.46. The number of alkyl halides is 1. The van der Waals surface area contributed by atoms with Gasteiger partial charge in [-0.1, -0.05) is 38.1 Å². The second-order valence-corrected chi connectivity index (χ2v) is 4.51. The predicted octanol–water partition coefficient (Wildman–Crippen LogP) is 3.91. The van der Waals surface area contributed by atoms with Gasteiger partial charge in [0.1, 0.15) is 0 Å². The molecule has 0 aliphatic carbocycles. The molecule has 0 bridgehead atoms. The summed E-state index contributed by atoms with van der Waals surface area (Å²) in [4.78, 5) is 0. The summed E-state index contributed by atoms with van der Waals surface area (Å²) in [6.07, 6.45) is 0. The topological polar surface area (TPSA) is 12.0 Å². The lowest BCUT2D eigenvalue weighted by molar-refractivity contribution is 0.669. The molecule has 1 N–H and O–H groups in total. The van der Waals surface area contributed by atoms with Crippen LogP contribution in [0.1, 0.15) is 37.8 Å². The second kappa shape index (κ2) is 7.10. The van der Waals surface area contributed by atoms with Crippen molar-refractivity contribution in [1.29, 1.82) is 0 Å². The van der Waals surface area contributed by atoms with E-state index in [9.17, 15) is 0 Å². The summed E-state index contributed by atoms with van der Waals surface area (Å²) in [5.41, 5.74) is 2.77. The van der Waals surface area contributed by atoms with Crippen LogP contribution < -0.4 is 5.32 Å². The van der Waals surface area contributed by atoms with Crippen LogP contribution in [0.2, 0.25) is 0 Å². The first-order valence-corrected chi connectivity index (χ1v) is 5.50. The molecule has 3 heteroatoms. The van der Waals surface area contributed by atoms with Gasteiger partial charge < -0.3 is 0 Å². The lowest BCUT2D eigenvalue weighted by atomic mass is 9.97. The number of hydrogen-bond acceptors (Lipinski definition) is 1. The summed E-state index contributed by atoms with van der Waals surface area (Å²) < 4.78 is 0. The van der Waals surface area contributed by atoms with Crippen LogP contribution in [0.3, 0.4) is 0 Å². The molecule has 1 atom stereocenters. The van der Waals surface area contributed by atoms with Crippen LogP contribution in [0.15, 0.2) is 24.3 Å². The molecule has 0 fully saturated rings. The van der Waals surface area contributed by atoms with Gasteiger partial charge in [0.2, 0.25) is 0 Å². The van der Waals surface area contributed by atoms with Crippen molar-refractivity contribution >= 4 is 24.0 Å². The van der Waals surface area contributed by atoms with E-state index in [0.29, 0.717) is 5.92 Å². The zero-order chi connectivity index (χ0) is 10.6. The van der Waals surface area contributed by atoms with Crippen molar-refractivity contribution in [3.63, 3.8) is 0 Å². The number of rotatable bonds is 4. The molecule has 1 unspecified atom stereocenters. The van der Waals surface area contributed by atoms with Gasteiger partial charge >= 0.3 is 0 Å². The molecule has 0 heterocycles. The minimum atomic E-state index is 0. The molecule has 0 spiro atoms. The minimum absolute atomic E-state index is 0. The van der Waals surface area contributed by atoms with Crippen molar-refractivity contribution in [3.05, 3.63) is 35.4 Å². The molecular formula is C12H19Cl2N. The third-order valence-corrected chi connectivity index (χ3v) is 2.41. The summed E-state index contributed by atoms with van der Waals surface area (Å²) >= 11 is 5.85. The number of nitrogens with one attached hydrogen (secondary N) is 1. The van der Waals surface area contributed by atoms with Crippen LogP contribution in [0, 0.1) is 0 Å². The Labute approximate surface area is 104 Å². The Morgan fingerprint density at radius 3 is 2.33 bits per heavy atom. The fourth-order valence-corrected chi connectivity index (χ4v) is 1.59. The molecule has 0 aliphatic heterocycles. The molecule has 0 aromatic heterocycles. The Kier molecular flexibility index (Phi) is 6.99. The SMILES string of the molecule is CC(Cl)NCc1ccccc1C(C)C.Cl. The molecule has 0 saturated heterocycles. The third kappa shape index (κ3) is 4.87. The normalized spacial score (nSPS) is 12.3. The molecule has 86 valence electrons. The lowest BCUT2D eigenvalue weighted by Gasteiger charge is -2.13. The lowest BCUT2D eigenvalue weighted by Crippen LogP contribution is -2.20. The maximum Gasteiger partial charge on any atom is 0.0799 e. The molecular weight excluding hydrogens is 229 g/mol. The summed E-state index contributed by atoms with van der Waals surface area (Å²) in [7, 11) is 0. The molecule has 0 saturated carbocycles. The Hall–Kier alpha value is -0.240.